The Morgan fingerprint density at radius 1 is 0.981 bits per heavy atom. The second-order valence-corrected chi connectivity index (χ2v) is 16.1. The summed E-state index contributed by atoms with van der Waals surface area (Å²) in [6.07, 6.45) is 17.4. The first-order chi connectivity index (χ1) is 24.5. The average Bonchev–Trinajstić information content (AvgIpc) is 3.63. The van der Waals surface area contributed by atoms with Crippen molar-refractivity contribution in [3.05, 3.63) is 61.0 Å². The van der Waals surface area contributed by atoms with E-state index in [9.17, 15) is 24.9 Å². The van der Waals surface area contributed by atoms with Crippen LogP contribution in [-0.4, -0.2) is 45.1 Å². The molecule has 12 heteroatoms. The first-order valence-electron chi connectivity index (χ1n) is 17.4. The average molecular weight is 751 g/mol. The van der Waals surface area contributed by atoms with Gasteiger partial charge in [-0.05, 0) is 101 Å². The van der Waals surface area contributed by atoms with Crippen LogP contribution in [0.1, 0.15) is 101 Å². The van der Waals surface area contributed by atoms with Gasteiger partial charge in [-0.3, -0.25) is 0 Å². The van der Waals surface area contributed by atoms with Crippen molar-refractivity contribution in [2.45, 2.75) is 85.2 Å². The van der Waals surface area contributed by atoms with Crippen molar-refractivity contribution in [3.63, 3.8) is 0 Å². The van der Waals surface area contributed by atoms with E-state index in [2.05, 4.69) is 31.0 Å². The van der Waals surface area contributed by atoms with Gasteiger partial charge in [-0.2, -0.15) is 0 Å². The lowest BCUT2D eigenvalue weighted by Gasteiger charge is -2.58. The lowest BCUT2D eigenvalue weighted by Crippen LogP contribution is -2.54. The van der Waals surface area contributed by atoms with Crippen LogP contribution >= 0.6 is 23.2 Å². The van der Waals surface area contributed by atoms with Crippen LogP contribution in [-0.2, 0) is 11.2 Å². The predicted octanol–water partition coefficient (Wildman–Crippen LogP) is 8.66. The van der Waals surface area contributed by atoms with E-state index in [1.807, 2.05) is 6.20 Å². The zero-order chi connectivity index (χ0) is 37.7. The second kappa shape index (κ2) is 12.5. The van der Waals surface area contributed by atoms with Crippen LogP contribution in [0.2, 0.25) is 10.0 Å². The monoisotopic (exact) mass is 749 g/mol. The van der Waals surface area contributed by atoms with Gasteiger partial charge in [-0.15, -0.1) is 6.42 Å². The number of nitrogens with zero attached hydrogens (tertiary/aromatic N) is 1. The summed E-state index contributed by atoms with van der Waals surface area (Å²) < 4.78 is 21.3. The summed E-state index contributed by atoms with van der Waals surface area (Å²) in [4.78, 5) is 24.8. The summed E-state index contributed by atoms with van der Waals surface area (Å²) in [7, 11) is 1.17. The SMILES string of the molecule is C#CC1(O)CCC2C3CCC4=Cc5oncc5CC4(C)C3CCC21C.COC(=O)c1c(C)c2c(c(C)c1O)OC(=O)c1c(C)c(Cl)c(O)c(Cl)c1O2. The van der Waals surface area contributed by atoms with Gasteiger partial charge in [0, 0.05) is 22.1 Å². The molecule has 8 rings (SSSR count). The number of ether oxygens (including phenoxy) is 3. The normalized spacial score (nSPS) is 29.4. The smallest absolute Gasteiger partial charge is 0.347 e. The van der Waals surface area contributed by atoms with Crippen molar-refractivity contribution in [2.75, 3.05) is 7.11 Å². The number of aromatic hydroxyl groups is 2. The van der Waals surface area contributed by atoms with Gasteiger partial charge in [-0.25, -0.2) is 9.59 Å². The molecule has 0 saturated heterocycles. The molecule has 1 aliphatic heterocycles. The van der Waals surface area contributed by atoms with E-state index in [0.29, 0.717) is 17.8 Å². The van der Waals surface area contributed by atoms with Gasteiger partial charge in [0.05, 0.1) is 18.3 Å². The highest BCUT2D eigenvalue weighted by atomic mass is 35.5. The van der Waals surface area contributed by atoms with Gasteiger partial charge < -0.3 is 34.1 Å². The molecule has 10 nitrogen and oxygen atoms in total. The van der Waals surface area contributed by atoms with Crippen LogP contribution in [0, 0.1) is 61.7 Å². The van der Waals surface area contributed by atoms with Crippen LogP contribution in [0.25, 0.3) is 6.08 Å². The van der Waals surface area contributed by atoms with E-state index in [1.54, 1.807) is 5.57 Å². The number of carbonyl (C=O) groups is 2. The minimum atomic E-state index is -0.909. The van der Waals surface area contributed by atoms with Crippen LogP contribution in [0.15, 0.2) is 16.3 Å². The second-order valence-electron chi connectivity index (χ2n) is 15.3. The number of hydrogen-bond donors (Lipinski definition) is 3. The largest absolute Gasteiger partial charge is 0.507 e. The molecule has 3 saturated carbocycles. The maximum absolute atomic E-state index is 12.7. The highest BCUT2D eigenvalue weighted by Gasteiger charge is 2.63. The Hall–Kier alpha value is -4.17. The van der Waals surface area contributed by atoms with Gasteiger partial charge in [-0.1, -0.05) is 53.7 Å². The molecule has 3 fully saturated rings. The maximum Gasteiger partial charge on any atom is 0.347 e. The molecule has 2 heterocycles. The number of phenolic OH excluding ortho intramolecular Hbond substituents is 2. The number of methoxy groups -OCH3 is 1. The summed E-state index contributed by atoms with van der Waals surface area (Å²) in [6.45, 7) is 9.14. The van der Waals surface area contributed by atoms with Crippen LogP contribution in [0.5, 0.6) is 28.7 Å². The molecule has 0 radical (unpaired) electrons. The molecule has 5 aliphatic rings. The Labute approximate surface area is 312 Å². The third-order valence-corrected chi connectivity index (χ3v) is 13.9. The number of fused-ring (bicyclic) bond motifs is 8. The highest BCUT2D eigenvalue weighted by molar-refractivity contribution is 6.39. The van der Waals surface area contributed by atoms with Crippen molar-refractivity contribution in [1.29, 1.82) is 0 Å². The Balaban J connectivity index is 0.000000162. The zero-order valence-electron chi connectivity index (χ0n) is 29.9. The molecule has 52 heavy (non-hydrogen) atoms. The number of halogens is 2. The van der Waals surface area contributed by atoms with Crippen molar-refractivity contribution in [1.82, 2.24) is 5.16 Å². The molecule has 6 unspecified atom stereocenters. The van der Waals surface area contributed by atoms with Crippen molar-refractivity contribution in [2.24, 2.45) is 28.6 Å². The number of carbonyl (C=O) groups excluding carboxylic acids is 2. The Bertz CT molecular complexity index is 2130. The molecule has 0 amide bonds. The van der Waals surface area contributed by atoms with E-state index in [4.69, 9.17) is 48.4 Å². The Kier molecular flexibility index (Phi) is 8.68. The molecular formula is C40H41Cl2NO9. The summed E-state index contributed by atoms with van der Waals surface area (Å²) in [6, 6.07) is 0. The number of allylic oxidation sites excluding steroid dienone is 1. The van der Waals surface area contributed by atoms with E-state index in [-0.39, 0.29) is 65.9 Å². The predicted molar refractivity (Wildman–Crippen MR) is 193 cm³/mol. The Morgan fingerprint density at radius 3 is 2.37 bits per heavy atom. The third-order valence-electron chi connectivity index (χ3n) is 13.1. The number of aromatic nitrogens is 1. The van der Waals surface area contributed by atoms with E-state index in [1.165, 1.54) is 39.9 Å². The Morgan fingerprint density at radius 2 is 1.67 bits per heavy atom. The molecule has 2 aromatic carbocycles. The van der Waals surface area contributed by atoms with E-state index in [0.717, 1.165) is 44.3 Å². The lowest BCUT2D eigenvalue weighted by atomic mass is 9.46. The van der Waals surface area contributed by atoms with E-state index < -0.39 is 29.0 Å². The minimum absolute atomic E-state index is 0.0131. The van der Waals surface area contributed by atoms with Gasteiger partial charge >= 0.3 is 11.9 Å². The number of benzene rings is 2. The lowest BCUT2D eigenvalue weighted by molar-refractivity contribution is -0.0975. The third kappa shape index (κ3) is 4.99. The van der Waals surface area contributed by atoms with Gasteiger partial charge in [0.2, 0.25) is 0 Å². The number of esters is 2. The summed E-state index contributed by atoms with van der Waals surface area (Å²) in [5.41, 5.74) is 2.25. The summed E-state index contributed by atoms with van der Waals surface area (Å²) >= 11 is 12.2. The van der Waals surface area contributed by atoms with E-state index >= 15 is 0 Å². The number of phenols is 2. The molecule has 274 valence electrons. The van der Waals surface area contributed by atoms with Crippen LogP contribution in [0.4, 0.5) is 0 Å². The molecule has 3 aromatic rings. The molecule has 0 spiro atoms. The molecular weight excluding hydrogens is 709 g/mol. The van der Waals surface area contributed by atoms with Crippen molar-refractivity contribution < 1.29 is 43.6 Å². The summed E-state index contributed by atoms with van der Waals surface area (Å²) in [5.74, 6) is 2.90. The molecule has 6 atom stereocenters. The maximum atomic E-state index is 12.7. The first kappa shape index (κ1) is 36.2. The van der Waals surface area contributed by atoms with Crippen molar-refractivity contribution in [3.8, 4) is 41.1 Å². The molecule has 3 N–H and O–H groups in total. The first-order valence-corrected chi connectivity index (χ1v) is 18.2. The highest BCUT2D eigenvalue weighted by Crippen LogP contribution is 2.67. The van der Waals surface area contributed by atoms with Gasteiger partial charge in [0.15, 0.2) is 28.8 Å². The van der Waals surface area contributed by atoms with Crippen LogP contribution in [0.3, 0.4) is 0 Å². The van der Waals surface area contributed by atoms with Crippen LogP contribution < -0.4 is 9.47 Å². The number of rotatable bonds is 1. The minimum Gasteiger partial charge on any atom is -0.507 e. The van der Waals surface area contributed by atoms with Gasteiger partial charge in [0.1, 0.15) is 27.5 Å². The molecule has 0 bridgehead atoms. The molecule has 1 aromatic heterocycles. The fraction of sp³-hybridized carbons (Fsp3) is 0.475. The standard InChI is InChI=1S/C22H27NO2.C18H14Cl2O7/c1-4-22(24)10-8-18-16-6-5-15-11-19-14(13-23-25-19)12-20(15,2)17(16)7-9-21(18,22)3;1-5-9-16(11(20)13(22)10(5)19)26-14-6(2)8(17(23)25-4)12(21)7(3)15(14)27-18(9)24/h1,11,13,16-18,24H,5-10,12H2,2-3H3;21-22H,1-4H3. The fourth-order valence-corrected chi connectivity index (χ4v) is 10.5. The zero-order valence-corrected chi connectivity index (χ0v) is 31.4. The molecule has 4 aliphatic carbocycles. The summed E-state index contributed by atoms with van der Waals surface area (Å²) in [5, 5.41) is 35.2. The number of aliphatic hydroxyl groups is 1. The fourth-order valence-electron chi connectivity index (χ4n) is 10.0. The number of hydrogen-bond acceptors (Lipinski definition) is 10. The topological polar surface area (TPSA) is 149 Å². The number of terminal acetylenes is 1. The van der Waals surface area contributed by atoms with Gasteiger partial charge in [0.25, 0.3) is 0 Å². The van der Waals surface area contributed by atoms with Crippen molar-refractivity contribution >= 4 is 41.2 Å². The quantitative estimate of drug-likeness (QED) is 0.125.